The van der Waals surface area contributed by atoms with Crippen LogP contribution < -0.4 is 20.1 Å². The predicted molar refractivity (Wildman–Crippen MR) is 95.4 cm³/mol. The lowest BCUT2D eigenvalue weighted by Crippen LogP contribution is -2.47. The Balaban J connectivity index is 1.39. The summed E-state index contributed by atoms with van der Waals surface area (Å²) in [7, 11) is 0. The highest BCUT2D eigenvalue weighted by molar-refractivity contribution is 6.09. The third-order valence-corrected chi connectivity index (χ3v) is 5.44. The number of amides is 4. The molecular formula is C19H23N3O5. The van der Waals surface area contributed by atoms with E-state index >= 15 is 0 Å². The fraction of sp³-hybridized carbons (Fsp3) is 0.526. The zero-order valence-corrected chi connectivity index (χ0v) is 15.4. The lowest BCUT2D eigenvalue weighted by Gasteiger charge is -2.22. The number of urea groups is 1. The summed E-state index contributed by atoms with van der Waals surface area (Å²) in [4.78, 5) is 38.2. The molecule has 1 aromatic rings. The Morgan fingerprint density at radius 1 is 1.30 bits per heavy atom. The van der Waals surface area contributed by atoms with Crippen molar-refractivity contribution in [3.8, 4) is 11.5 Å². The van der Waals surface area contributed by atoms with Crippen molar-refractivity contribution in [3.63, 3.8) is 0 Å². The van der Waals surface area contributed by atoms with Crippen LogP contribution in [-0.2, 0) is 9.59 Å². The van der Waals surface area contributed by atoms with E-state index < -0.39 is 11.6 Å². The van der Waals surface area contributed by atoms with Gasteiger partial charge in [0.1, 0.15) is 25.3 Å². The lowest BCUT2D eigenvalue weighted by atomic mass is 9.96. The van der Waals surface area contributed by atoms with Gasteiger partial charge in [0.2, 0.25) is 5.91 Å². The molecule has 4 amide bonds. The Morgan fingerprint density at radius 3 is 2.70 bits per heavy atom. The van der Waals surface area contributed by atoms with E-state index in [1.165, 1.54) is 0 Å². The van der Waals surface area contributed by atoms with Gasteiger partial charge in [0.05, 0.1) is 6.04 Å². The summed E-state index contributed by atoms with van der Waals surface area (Å²) in [5.41, 5.74) is -0.0219. The van der Waals surface area contributed by atoms with Crippen molar-refractivity contribution in [3.05, 3.63) is 23.8 Å². The van der Waals surface area contributed by atoms with E-state index in [9.17, 15) is 14.4 Å². The molecule has 0 spiro atoms. The number of fused-ring (bicyclic) bond motifs is 1. The van der Waals surface area contributed by atoms with Crippen molar-refractivity contribution in [1.82, 2.24) is 15.5 Å². The Morgan fingerprint density at radius 2 is 2.00 bits per heavy atom. The van der Waals surface area contributed by atoms with E-state index in [-0.39, 0.29) is 30.3 Å². The summed E-state index contributed by atoms with van der Waals surface area (Å²) in [6.07, 6.45) is 1.84. The number of nitrogens with one attached hydrogen (secondary N) is 2. The molecule has 2 heterocycles. The smallest absolute Gasteiger partial charge is 0.325 e. The molecule has 1 saturated carbocycles. The van der Waals surface area contributed by atoms with Crippen molar-refractivity contribution >= 4 is 17.8 Å². The molecular weight excluding hydrogens is 350 g/mol. The molecule has 3 aliphatic rings. The number of nitrogens with zero attached hydrogens (tertiary/aromatic N) is 1. The van der Waals surface area contributed by atoms with Crippen LogP contribution in [0.15, 0.2) is 18.2 Å². The number of carbonyl (C=O) groups excluding carboxylic acids is 3. The Hall–Kier alpha value is -2.77. The van der Waals surface area contributed by atoms with Gasteiger partial charge in [0, 0.05) is 0 Å². The fourth-order valence-electron chi connectivity index (χ4n) is 3.64. The molecule has 4 rings (SSSR count). The first-order valence-corrected chi connectivity index (χ1v) is 9.21. The molecule has 2 aliphatic heterocycles. The van der Waals surface area contributed by atoms with Gasteiger partial charge in [-0.1, -0.05) is 6.07 Å². The predicted octanol–water partition coefficient (Wildman–Crippen LogP) is 1.36. The van der Waals surface area contributed by atoms with Crippen LogP contribution in [0.25, 0.3) is 0 Å². The zero-order valence-electron chi connectivity index (χ0n) is 15.4. The average molecular weight is 373 g/mol. The second kappa shape index (κ2) is 6.44. The minimum Gasteiger partial charge on any atom is -0.486 e. The van der Waals surface area contributed by atoms with Crippen LogP contribution in [0, 0.1) is 5.92 Å². The van der Waals surface area contributed by atoms with E-state index in [2.05, 4.69) is 10.6 Å². The third kappa shape index (κ3) is 3.20. The molecule has 8 nitrogen and oxygen atoms in total. The maximum Gasteiger partial charge on any atom is 0.325 e. The SMILES string of the molecule is C[C@H](NC(=O)CN1C(=O)N[C@@](C)(C2CC2)C1=O)c1ccc2c(c1)OCCO2. The highest BCUT2D eigenvalue weighted by Crippen LogP contribution is 2.42. The maximum atomic E-state index is 12.6. The standard InChI is InChI=1S/C19H23N3O5/c1-11(12-3-6-14-15(9-12)27-8-7-26-14)20-16(23)10-22-17(24)19(2,13-4-5-13)21-18(22)25/h3,6,9,11,13H,4-5,7-8,10H2,1-2H3,(H,20,23)(H,21,25)/t11-,19-/m0/s1. The maximum absolute atomic E-state index is 12.6. The topological polar surface area (TPSA) is 97.0 Å². The van der Waals surface area contributed by atoms with Crippen LogP contribution in [-0.4, -0.2) is 48.0 Å². The van der Waals surface area contributed by atoms with E-state index in [0.29, 0.717) is 24.7 Å². The highest BCUT2D eigenvalue weighted by Gasteiger charge is 2.56. The Kier molecular flexibility index (Phi) is 4.20. The number of hydrogen-bond acceptors (Lipinski definition) is 5. The van der Waals surface area contributed by atoms with Crippen LogP contribution in [0.2, 0.25) is 0 Å². The lowest BCUT2D eigenvalue weighted by molar-refractivity contribution is -0.135. The second-order valence-corrected chi connectivity index (χ2v) is 7.49. The van der Waals surface area contributed by atoms with Crippen molar-refractivity contribution in [2.75, 3.05) is 19.8 Å². The van der Waals surface area contributed by atoms with Crippen molar-refractivity contribution < 1.29 is 23.9 Å². The summed E-state index contributed by atoms with van der Waals surface area (Å²) >= 11 is 0. The summed E-state index contributed by atoms with van der Waals surface area (Å²) in [5, 5.41) is 5.58. The molecule has 1 saturated heterocycles. The van der Waals surface area contributed by atoms with Crippen molar-refractivity contribution in [1.29, 1.82) is 0 Å². The first-order valence-electron chi connectivity index (χ1n) is 9.21. The fourth-order valence-corrected chi connectivity index (χ4v) is 3.64. The first kappa shape index (κ1) is 17.6. The van der Waals surface area contributed by atoms with Crippen LogP contribution in [0.3, 0.4) is 0 Å². The first-order chi connectivity index (χ1) is 12.9. The molecule has 144 valence electrons. The zero-order chi connectivity index (χ0) is 19.2. The Labute approximate surface area is 157 Å². The quantitative estimate of drug-likeness (QED) is 0.760. The number of imide groups is 1. The minimum absolute atomic E-state index is 0.165. The molecule has 1 aromatic carbocycles. The summed E-state index contributed by atoms with van der Waals surface area (Å²) in [6, 6.07) is 4.69. The van der Waals surface area contributed by atoms with Crippen molar-refractivity contribution in [2.24, 2.45) is 5.92 Å². The molecule has 8 heteroatoms. The molecule has 27 heavy (non-hydrogen) atoms. The van der Waals surface area contributed by atoms with Gasteiger partial charge < -0.3 is 20.1 Å². The number of rotatable bonds is 5. The molecule has 0 unspecified atom stereocenters. The molecule has 2 atom stereocenters. The molecule has 0 radical (unpaired) electrons. The van der Waals surface area contributed by atoms with E-state index in [1.54, 1.807) is 6.92 Å². The van der Waals surface area contributed by atoms with Gasteiger partial charge >= 0.3 is 6.03 Å². The number of ether oxygens (including phenoxy) is 2. The number of benzene rings is 1. The summed E-state index contributed by atoms with van der Waals surface area (Å²) in [6.45, 7) is 4.29. The minimum atomic E-state index is -0.876. The van der Waals surface area contributed by atoms with Crippen LogP contribution in [0.5, 0.6) is 11.5 Å². The van der Waals surface area contributed by atoms with Crippen molar-refractivity contribution in [2.45, 2.75) is 38.3 Å². The van der Waals surface area contributed by atoms with Gasteiger partial charge in [-0.3, -0.25) is 14.5 Å². The van der Waals surface area contributed by atoms with Gasteiger partial charge in [-0.15, -0.1) is 0 Å². The monoisotopic (exact) mass is 373 g/mol. The van der Waals surface area contributed by atoms with Crippen LogP contribution >= 0.6 is 0 Å². The molecule has 2 N–H and O–H groups in total. The van der Waals surface area contributed by atoms with Gasteiger partial charge in [0.25, 0.3) is 5.91 Å². The van der Waals surface area contributed by atoms with Gasteiger partial charge in [-0.05, 0) is 50.3 Å². The highest BCUT2D eigenvalue weighted by atomic mass is 16.6. The van der Waals surface area contributed by atoms with Gasteiger partial charge in [-0.2, -0.15) is 0 Å². The molecule has 2 fully saturated rings. The normalized spacial score (nSPS) is 25.2. The number of hydrogen-bond donors (Lipinski definition) is 2. The second-order valence-electron chi connectivity index (χ2n) is 7.49. The molecule has 0 bridgehead atoms. The third-order valence-electron chi connectivity index (χ3n) is 5.44. The van der Waals surface area contributed by atoms with Crippen LogP contribution in [0.1, 0.15) is 38.3 Å². The number of carbonyl (C=O) groups is 3. The van der Waals surface area contributed by atoms with Gasteiger partial charge in [-0.25, -0.2) is 4.79 Å². The molecule has 1 aliphatic carbocycles. The van der Waals surface area contributed by atoms with E-state index in [0.717, 1.165) is 23.3 Å². The van der Waals surface area contributed by atoms with Crippen LogP contribution in [0.4, 0.5) is 4.79 Å². The largest absolute Gasteiger partial charge is 0.486 e. The molecule has 0 aromatic heterocycles. The van der Waals surface area contributed by atoms with E-state index in [4.69, 9.17) is 9.47 Å². The summed E-state index contributed by atoms with van der Waals surface area (Å²) < 4.78 is 11.1. The van der Waals surface area contributed by atoms with Gasteiger partial charge in [0.15, 0.2) is 11.5 Å². The average Bonchev–Trinajstić information content (AvgIpc) is 3.47. The Bertz CT molecular complexity index is 807. The summed E-state index contributed by atoms with van der Waals surface area (Å²) in [5.74, 6) is 0.785. The van der Waals surface area contributed by atoms with E-state index in [1.807, 2.05) is 25.1 Å².